The zero-order valence-corrected chi connectivity index (χ0v) is 19.5. The first-order chi connectivity index (χ1) is 15.8. The van der Waals surface area contributed by atoms with Crippen LogP contribution in [-0.4, -0.2) is 50.0 Å². The summed E-state index contributed by atoms with van der Waals surface area (Å²) in [5.41, 5.74) is 8.07. The molecule has 0 aliphatic carbocycles. The Morgan fingerprint density at radius 3 is 2.79 bits per heavy atom. The Labute approximate surface area is 200 Å². The van der Waals surface area contributed by atoms with E-state index in [2.05, 4.69) is 15.0 Å². The van der Waals surface area contributed by atoms with E-state index in [1.54, 1.807) is 25.4 Å². The SMILES string of the molecule is C[C@@H](Oc1cc(-c2cnn(C3CC4CC(O)CN4C3)c2)cnc1N)c1c(Cl)ccc(F)c1Cl. The van der Waals surface area contributed by atoms with Crippen LogP contribution in [0.15, 0.2) is 36.8 Å². The number of nitrogens with zero attached hydrogens (tertiary/aromatic N) is 4. The number of hydrogen-bond acceptors (Lipinski definition) is 6. The van der Waals surface area contributed by atoms with E-state index < -0.39 is 11.9 Å². The summed E-state index contributed by atoms with van der Waals surface area (Å²) < 4.78 is 21.9. The maximum atomic E-state index is 13.9. The largest absolute Gasteiger partial charge is 0.482 e. The van der Waals surface area contributed by atoms with Gasteiger partial charge in [0.25, 0.3) is 0 Å². The second-order valence-corrected chi connectivity index (χ2v) is 9.51. The molecule has 10 heteroatoms. The summed E-state index contributed by atoms with van der Waals surface area (Å²) in [5, 5.41) is 14.6. The Kier molecular flexibility index (Phi) is 5.95. The lowest BCUT2D eigenvalue weighted by molar-refractivity contribution is 0.173. The topological polar surface area (TPSA) is 89.4 Å². The van der Waals surface area contributed by atoms with Gasteiger partial charge in [0, 0.05) is 53.2 Å². The normalized spacial score (nSPS) is 23.6. The van der Waals surface area contributed by atoms with Crippen LogP contribution in [0.25, 0.3) is 11.1 Å². The molecule has 1 aromatic carbocycles. The molecule has 2 aliphatic rings. The number of aromatic nitrogens is 3. The molecular weight excluding hydrogens is 468 g/mol. The number of halogens is 3. The minimum Gasteiger partial charge on any atom is -0.482 e. The first-order valence-corrected chi connectivity index (χ1v) is 11.6. The molecule has 174 valence electrons. The van der Waals surface area contributed by atoms with Crippen molar-refractivity contribution in [3.8, 4) is 16.9 Å². The molecule has 3 aromatic rings. The molecule has 7 nitrogen and oxygen atoms in total. The fourth-order valence-electron chi connectivity index (χ4n) is 4.84. The van der Waals surface area contributed by atoms with Gasteiger partial charge in [-0.2, -0.15) is 5.10 Å². The van der Waals surface area contributed by atoms with Gasteiger partial charge in [-0.3, -0.25) is 9.58 Å². The molecule has 5 rings (SSSR count). The Balaban J connectivity index is 1.35. The van der Waals surface area contributed by atoms with Crippen molar-refractivity contribution in [3.63, 3.8) is 0 Å². The Morgan fingerprint density at radius 1 is 1.18 bits per heavy atom. The molecule has 0 saturated carbocycles. The van der Waals surface area contributed by atoms with Crippen molar-refractivity contribution >= 4 is 29.0 Å². The van der Waals surface area contributed by atoms with E-state index in [0.29, 0.717) is 22.4 Å². The van der Waals surface area contributed by atoms with E-state index in [0.717, 1.165) is 37.1 Å². The fourth-order valence-corrected chi connectivity index (χ4v) is 5.51. The van der Waals surface area contributed by atoms with Crippen LogP contribution in [0.3, 0.4) is 0 Å². The van der Waals surface area contributed by atoms with Crippen LogP contribution >= 0.6 is 23.2 Å². The third-order valence-electron chi connectivity index (χ3n) is 6.48. The standard InChI is InChI=1S/C23H24Cl2FN5O2/c1-12(21-18(24)2-3-19(26)22(21)25)33-20-4-13(7-28-23(20)27)14-8-29-31(9-14)16-5-15-6-17(32)11-30(15)10-16/h2-4,7-9,12,15-17,32H,5-6,10-11H2,1H3,(H2,27,28)/t12-,15?,16?,17?/m1/s1. The highest BCUT2D eigenvalue weighted by atomic mass is 35.5. The number of benzene rings is 1. The second-order valence-electron chi connectivity index (χ2n) is 8.72. The molecule has 3 N–H and O–H groups in total. The molecule has 0 spiro atoms. The van der Waals surface area contributed by atoms with Crippen LogP contribution in [0.5, 0.6) is 5.75 Å². The number of hydrogen-bond donors (Lipinski definition) is 2. The van der Waals surface area contributed by atoms with Crippen LogP contribution in [0, 0.1) is 5.82 Å². The molecular formula is C23H24Cl2FN5O2. The van der Waals surface area contributed by atoms with Crippen LogP contribution in [-0.2, 0) is 0 Å². The van der Waals surface area contributed by atoms with Crippen molar-refractivity contribution in [1.29, 1.82) is 0 Å². The third kappa shape index (κ3) is 4.28. The van der Waals surface area contributed by atoms with Crippen LogP contribution < -0.4 is 10.5 Å². The number of aliphatic hydroxyl groups excluding tert-OH is 1. The molecule has 0 radical (unpaired) electrons. The van der Waals surface area contributed by atoms with E-state index in [1.165, 1.54) is 12.1 Å². The molecule has 0 amide bonds. The lowest BCUT2D eigenvalue weighted by atomic mass is 10.1. The van der Waals surface area contributed by atoms with Crippen molar-refractivity contribution in [2.24, 2.45) is 0 Å². The molecule has 2 saturated heterocycles. The van der Waals surface area contributed by atoms with E-state index in [4.69, 9.17) is 33.7 Å². The maximum Gasteiger partial charge on any atom is 0.166 e. The summed E-state index contributed by atoms with van der Waals surface area (Å²) in [5.74, 6) is -0.0167. The second kappa shape index (κ2) is 8.76. The lowest BCUT2D eigenvalue weighted by Crippen LogP contribution is -2.25. The molecule has 3 unspecified atom stereocenters. The molecule has 2 aromatic heterocycles. The van der Waals surface area contributed by atoms with Crippen LogP contribution in [0.4, 0.5) is 10.2 Å². The average Bonchev–Trinajstić information content (AvgIpc) is 3.47. The first-order valence-electron chi connectivity index (χ1n) is 10.8. The number of aliphatic hydroxyl groups is 1. The lowest BCUT2D eigenvalue weighted by Gasteiger charge is -2.19. The number of rotatable bonds is 5. The number of ether oxygens (including phenoxy) is 1. The predicted molar refractivity (Wildman–Crippen MR) is 125 cm³/mol. The minimum absolute atomic E-state index is 0.0800. The molecule has 33 heavy (non-hydrogen) atoms. The van der Waals surface area contributed by atoms with Crippen molar-refractivity contribution in [2.75, 3.05) is 18.8 Å². The van der Waals surface area contributed by atoms with Gasteiger partial charge in [0.2, 0.25) is 0 Å². The van der Waals surface area contributed by atoms with E-state index in [-0.39, 0.29) is 23.0 Å². The molecule has 4 heterocycles. The van der Waals surface area contributed by atoms with Crippen molar-refractivity contribution in [1.82, 2.24) is 19.7 Å². The number of pyridine rings is 1. The molecule has 4 atom stereocenters. The summed E-state index contributed by atoms with van der Waals surface area (Å²) in [6, 6.07) is 5.12. The molecule has 0 bridgehead atoms. The zero-order chi connectivity index (χ0) is 23.3. The predicted octanol–water partition coefficient (Wildman–Crippen LogP) is 4.49. The van der Waals surface area contributed by atoms with E-state index >= 15 is 0 Å². The Bertz CT molecular complexity index is 1180. The highest BCUT2D eigenvalue weighted by Gasteiger charge is 2.40. The van der Waals surface area contributed by atoms with Gasteiger partial charge >= 0.3 is 0 Å². The van der Waals surface area contributed by atoms with E-state index in [9.17, 15) is 9.50 Å². The van der Waals surface area contributed by atoms with Gasteiger partial charge in [-0.25, -0.2) is 9.37 Å². The average molecular weight is 492 g/mol. The van der Waals surface area contributed by atoms with Gasteiger partial charge in [0.05, 0.1) is 23.4 Å². The number of nitrogen functional groups attached to an aromatic ring is 1. The van der Waals surface area contributed by atoms with Crippen LogP contribution in [0.2, 0.25) is 10.0 Å². The number of fused-ring (bicyclic) bond motifs is 1. The highest BCUT2D eigenvalue weighted by molar-refractivity contribution is 6.36. The summed E-state index contributed by atoms with van der Waals surface area (Å²) >= 11 is 12.4. The fraction of sp³-hybridized carbons (Fsp3) is 0.391. The first kappa shape index (κ1) is 22.4. The summed E-state index contributed by atoms with van der Waals surface area (Å²) in [6.45, 7) is 3.33. The highest BCUT2D eigenvalue weighted by Crippen LogP contribution is 2.38. The molecule has 2 fully saturated rings. The van der Waals surface area contributed by atoms with Gasteiger partial charge in [-0.05, 0) is 38.0 Å². The smallest absolute Gasteiger partial charge is 0.166 e. The van der Waals surface area contributed by atoms with Gasteiger partial charge in [0.1, 0.15) is 11.9 Å². The van der Waals surface area contributed by atoms with Crippen LogP contribution in [0.1, 0.15) is 37.5 Å². The van der Waals surface area contributed by atoms with E-state index in [1.807, 2.05) is 10.9 Å². The summed E-state index contributed by atoms with van der Waals surface area (Å²) in [4.78, 5) is 6.60. The number of anilines is 1. The van der Waals surface area contributed by atoms with Crippen molar-refractivity contribution in [3.05, 3.63) is 58.2 Å². The summed E-state index contributed by atoms with van der Waals surface area (Å²) in [6.07, 6.45) is 6.37. The summed E-state index contributed by atoms with van der Waals surface area (Å²) in [7, 11) is 0. The number of nitrogens with two attached hydrogens (primary N) is 1. The Hall–Kier alpha value is -2.39. The van der Waals surface area contributed by atoms with Gasteiger partial charge in [0.15, 0.2) is 11.6 Å². The third-order valence-corrected chi connectivity index (χ3v) is 7.19. The zero-order valence-electron chi connectivity index (χ0n) is 18.0. The monoisotopic (exact) mass is 491 g/mol. The Morgan fingerprint density at radius 2 is 2.00 bits per heavy atom. The van der Waals surface area contributed by atoms with Gasteiger partial charge < -0.3 is 15.6 Å². The molecule has 2 aliphatic heterocycles. The van der Waals surface area contributed by atoms with Crippen molar-refractivity contribution < 1.29 is 14.2 Å². The van der Waals surface area contributed by atoms with Crippen molar-refractivity contribution in [2.45, 2.75) is 44.1 Å². The quantitative estimate of drug-likeness (QED) is 0.511. The van der Waals surface area contributed by atoms with Gasteiger partial charge in [-0.15, -0.1) is 0 Å². The van der Waals surface area contributed by atoms with Gasteiger partial charge in [-0.1, -0.05) is 23.2 Å². The minimum atomic E-state index is -0.648. The maximum absolute atomic E-state index is 13.9.